The first-order chi connectivity index (χ1) is 19.6. The number of likely N-dealkylation sites (N-methyl/N-ethyl adjacent to an activating group) is 1. The molecule has 0 bridgehead atoms. The van der Waals surface area contributed by atoms with Gasteiger partial charge in [0, 0.05) is 45.1 Å². The van der Waals surface area contributed by atoms with E-state index in [0.717, 1.165) is 17.7 Å². The topological polar surface area (TPSA) is 70.2 Å². The fourth-order valence-corrected chi connectivity index (χ4v) is 5.91. The zero-order valence-corrected chi connectivity index (χ0v) is 24.4. The number of nitrogens with zero attached hydrogens (tertiary/aromatic N) is 3. The van der Waals surface area contributed by atoms with E-state index in [1.807, 2.05) is 0 Å². The maximum Gasteiger partial charge on any atom is 0.415 e. The Morgan fingerprint density at radius 2 is 1.69 bits per heavy atom. The summed E-state index contributed by atoms with van der Waals surface area (Å²) in [5.41, 5.74) is -1.54. The predicted octanol–water partition coefficient (Wildman–Crippen LogP) is 6.49. The molecule has 0 radical (unpaired) electrons. The molecule has 1 saturated carbocycles. The maximum atomic E-state index is 13.6. The Labute approximate surface area is 251 Å². The zero-order valence-electron chi connectivity index (χ0n) is 22.9. The van der Waals surface area contributed by atoms with Gasteiger partial charge in [0.15, 0.2) is 0 Å². The van der Waals surface area contributed by atoms with Crippen LogP contribution in [0.1, 0.15) is 37.2 Å². The van der Waals surface area contributed by atoms with Crippen LogP contribution in [0.4, 0.5) is 22.4 Å². The van der Waals surface area contributed by atoms with E-state index in [-0.39, 0.29) is 69.4 Å². The minimum absolute atomic E-state index is 0.0632. The van der Waals surface area contributed by atoms with Crippen molar-refractivity contribution in [2.45, 2.75) is 43.8 Å². The number of benzene rings is 1. The third kappa shape index (κ3) is 6.62. The van der Waals surface area contributed by atoms with Crippen molar-refractivity contribution in [3.8, 4) is 0 Å². The Kier molecular flexibility index (Phi) is 9.32. The molecule has 3 aliphatic rings. The van der Waals surface area contributed by atoms with E-state index in [4.69, 9.17) is 27.9 Å². The largest absolute Gasteiger partial charge is 0.415 e. The van der Waals surface area contributed by atoms with E-state index >= 15 is 0 Å². The molecule has 1 aromatic rings. The van der Waals surface area contributed by atoms with Gasteiger partial charge in [0.05, 0.1) is 16.1 Å². The molecule has 2 saturated heterocycles. The van der Waals surface area contributed by atoms with Gasteiger partial charge in [-0.1, -0.05) is 42.4 Å². The summed E-state index contributed by atoms with van der Waals surface area (Å²) in [6.07, 6.45) is -3.14. The Bertz CT molecular complexity index is 1310. The number of halogens is 6. The number of likely N-dealkylation sites (tertiary alicyclic amines) is 2. The van der Waals surface area contributed by atoms with Crippen LogP contribution in [0.15, 0.2) is 55.1 Å². The lowest BCUT2D eigenvalue weighted by Gasteiger charge is -2.35. The maximum absolute atomic E-state index is 13.6. The summed E-state index contributed by atoms with van der Waals surface area (Å²) in [6, 6.07) is 4.50. The van der Waals surface area contributed by atoms with Gasteiger partial charge in [-0.3, -0.25) is 9.59 Å². The van der Waals surface area contributed by atoms with Crippen LogP contribution in [0, 0.1) is 11.3 Å². The number of carbonyl (C=O) groups excluding carboxylic acids is 3. The summed E-state index contributed by atoms with van der Waals surface area (Å²) in [7, 11) is 1.51. The quantitative estimate of drug-likeness (QED) is 0.196. The Morgan fingerprint density at radius 3 is 2.24 bits per heavy atom. The molecule has 3 amide bonds. The number of amides is 3. The second kappa shape index (κ2) is 12.3. The average molecular weight is 632 g/mol. The van der Waals surface area contributed by atoms with Crippen LogP contribution in [-0.4, -0.2) is 78.1 Å². The van der Waals surface area contributed by atoms with Crippen molar-refractivity contribution in [1.29, 1.82) is 0 Å². The smallest absolute Gasteiger partial charge is 0.411 e. The third-order valence-corrected chi connectivity index (χ3v) is 9.00. The summed E-state index contributed by atoms with van der Waals surface area (Å²) in [5.74, 6) is -2.83. The molecule has 1 aliphatic carbocycles. The molecule has 1 aromatic carbocycles. The van der Waals surface area contributed by atoms with Crippen molar-refractivity contribution in [2.24, 2.45) is 11.3 Å². The summed E-state index contributed by atoms with van der Waals surface area (Å²) in [4.78, 5) is 43.4. The van der Waals surface area contributed by atoms with E-state index in [0.29, 0.717) is 10.0 Å². The van der Waals surface area contributed by atoms with E-state index in [9.17, 15) is 31.9 Å². The van der Waals surface area contributed by atoms with Crippen molar-refractivity contribution < 1.29 is 36.7 Å². The zero-order chi connectivity index (χ0) is 31.0. The summed E-state index contributed by atoms with van der Waals surface area (Å²) >= 11 is 12.4. The van der Waals surface area contributed by atoms with Gasteiger partial charge in [0.1, 0.15) is 17.0 Å². The highest BCUT2D eigenvalue weighted by atomic mass is 35.5. The molecule has 4 rings (SSSR count). The molecular weight excluding hydrogens is 601 g/mol. The summed E-state index contributed by atoms with van der Waals surface area (Å²) in [5, 5.41) is 0.644. The number of hydrogen-bond acceptors (Lipinski definition) is 4. The Hall–Kier alpha value is -3.05. The van der Waals surface area contributed by atoms with Gasteiger partial charge in [0.25, 0.3) is 0 Å². The minimum Gasteiger partial charge on any atom is -0.411 e. The van der Waals surface area contributed by atoms with Gasteiger partial charge in [-0.25, -0.2) is 9.18 Å². The van der Waals surface area contributed by atoms with Gasteiger partial charge < -0.3 is 19.4 Å². The highest BCUT2D eigenvalue weighted by Gasteiger charge is 2.69. The monoisotopic (exact) mass is 631 g/mol. The van der Waals surface area contributed by atoms with Gasteiger partial charge in [0.2, 0.25) is 11.8 Å². The molecule has 0 unspecified atom stereocenters. The number of piperidine rings is 1. The molecule has 3 fully saturated rings. The normalized spacial score (nSPS) is 22.3. The fraction of sp³-hybridized carbons (Fsp3) is 0.483. The number of carbonyl (C=O) groups is 3. The highest BCUT2D eigenvalue weighted by Crippen LogP contribution is 2.58. The first-order valence-corrected chi connectivity index (χ1v) is 14.2. The van der Waals surface area contributed by atoms with Crippen molar-refractivity contribution in [2.75, 3.05) is 33.2 Å². The van der Waals surface area contributed by atoms with Gasteiger partial charge in [-0.15, -0.1) is 0 Å². The van der Waals surface area contributed by atoms with Gasteiger partial charge in [-0.05, 0) is 55.5 Å². The summed E-state index contributed by atoms with van der Waals surface area (Å²) in [6.45, 7) is 7.18. The van der Waals surface area contributed by atoms with Crippen LogP contribution >= 0.6 is 23.2 Å². The SMILES string of the molecule is C=C(F)/C=C\C(=C)OC(=O)N(C)[C@@H]1CN(C(=O)C2CCN(C(=O)C3(C(F)(F)F)CC3)CC2)C[C@H]1c1ccc(Cl)c(Cl)c1. The van der Waals surface area contributed by atoms with Crippen LogP contribution in [0.3, 0.4) is 0 Å². The molecule has 0 N–H and O–H groups in total. The Balaban J connectivity index is 1.46. The predicted molar refractivity (Wildman–Crippen MR) is 149 cm³/mol. The van der Waals surface area contributed by atoms with Crippen molar-refractivity contribution in [3.63, 3.8) is 0 Å². The van der Waals surface area contributed by atoms with Crippen molar-refractivity contribution in [1.82, 2.24) is 14.7 Å². The second-order valence-electron chi connectivity index (χ2n) is 11.0. The molecule has 2 atom stereocenters. The molecule has 0 spiro atoms. The molecule has 0 aromatic heterocycles. The van der Waals surface area contributed by atoms with E-state index in [2.05, 4.69) is 13.2 Å². The van der Waals surface area contributed by atoms with E-state index < -0.39 is 41.4 Å². The first kappa shape index (κ1) is 31.9. The molecule has 42 heavy (non-hydrogen) atoms. The number of allylic oxidation sites excluding steroid dienone is 3. The molecule has 2 heterocycles. The Morgan fingerprint density at radius 1 is 1.05 bits per heavy atom. The van der Waals surface area contributed by atoms with Crippen molar-refractivity contribution in [3.05, 3.63) is 70.7 Å². The number of alkyl halides is 3. The van der Waals surface area contributed by atoms with Gasteiger partial charge in [-0.2, -0.15) is 13.2 Å². The molecule has 228 valence electrons. The van der Waals surface area contributed by atoms with Crippen LogP contribution in [-0.2, 0) is 14.3 Å². The van der Waals surface area contributed by atoms with Crippen LogP contribution < -0.4 is 0 Å². The lowest BCUT2D eigenvalue weighted by Crippen LogP contribution is -2.49. The van der Waals surface area contributed by atoms with Crippen LogP contribution in [0.2, 0.25) is 10.0 Å². The lowest BCUT2D eigenvalue weighted by atomic mass is 9.93. The third-order valence-electron chi connectivity index (χ3n) is 8.26. The number of hydrogen-bond donors (Lipinski definition) is 0. The molecule has 13 heteroatoms. The minimum atomic E-state index is -4.58. The average Bonchev–Trinajstić information content (AvgIpc) is 3.65. The van der Waals surface area contributed by atoms with Crippen LogP contribution in [0.25, 0.3) is 0 Å². The molecule has 7 nitrogen and oxygen atoms in total. The van der Waals surface area contributed by atoms with E-state index in [1.165, 1.54) is 16.8 Å². The first-order valence-electron chi connectivity index (χ1n) is 13.4. The van der Waals surface area contributed by atoms with Gasteiger partial charge >= 0.3 is 12.3 Å². The van der Waals surface area contributed by atoms with Crippen molar-refractivity contribution >= 4 is 41.1 Å². The lowest BCUT2D eigenvalue weighted by molar-refractivity contribution is -0.199. The number of rotatable bonds is 7. The molecule has 2 aliphatic heterocycles. The number of ether oxygens (including phenoxy) is 1. The van der Waals surface area contributed by atoms with E-state index in [1.54, 1.807) is 23.1 Å². The van der Waals surface area contributed by atoms with Crippen LogP contribution in [0.5, 0.6) is 0 Å². The highest BCUT2D eigenvalue weighted by molar-refractivity contribution is 6.42. The molecular formula is C29H31Cl2F4N3O4. The fourth-order valence-electron chi connectivity index (χ4n) is 5.60. The second-order valence-corrected chi connectivity index (χ2v) is 11.8. The standard InChI is InChI=1S/C29H31Cl2F4N3O4/c1-17(32)4-5-18(2)42-27(41)36(3)24-16-38(15-21(24)20-6-7-22(30)23(31)14-20)25(39)19-8-12-37(13-9-19)26(40)28(10-11-28)29(33,34)35/h4-7,14,19,21,24H,1-2,8-13,15-16H2,3H3/b5-4-/t21-,24+/m0/s1. The summed E-state index contributed by atoms with van der Waals surface area (Å²) < 4.78 is 58.5.